The van der Waals surface area contributed by atoms with Crippen LogP contribution in [0, 0.1) is 5.82 Å². The lowest BCUT2D eigenvalue weighted by Gasteiger charge is -1.99. The molecule has 0 fully saturated rings. The molecule has 0 unspecified atom stereocenters. The zero-order valence-electron chi connectivity index (χ0n) is 8.33. The lowest BCUT2D eigenvalue weighted by atomic mass is 10.2. The van der Waals surface area contributed by atoms with Crippen LogP contribution in [-0.2, 0) is 4.79 Å². The number of rotatable bonds is 3. The molecule has 80 valence electrons. The summed E-state index contributed by atoms with van der Waals surface area (Å²) in [4.78, 5) is 10.5. The first-order valence-electron chi connectivity index (χ1n) is 4.49. The van der Waals surface area contributed by atoms with E-state index in [0.717, 1.165) is 6.07 Å². The van der Waals surface area contributed by atoms with Crippen LogP contribution in [0.1, 0.15) is 12.5 Å². The van der Waals surface area contributed by atoms with Crippen molar-refractivity contribution in [1.82, 2.24) is 5.32 Å². The number of carbonyl (C=O) groups is 1. The molecule has 0 atom stereocenters. The van der Waals surface area contributed by atoms with Crippen molar-refractivity contribution in [2.45, 2.75) is 6.92 Å². The van der Waals surface area contributed by atoms with Crippen LogP contribution in [0.2, 0.25) is 0 Å². The van der Waals surface area contributed by atoms with Gasteiger partial charge in [0, 0.05) is 25.1 Å². The van der Waals surface area contributed by atoms with Crippen molar-refractivity contribution in [2.24, 2.45) is 0 Å². The summed E-state index contributed by atoms with van der Waals surface area (Å²) in [5.74, 6) is -0.719. The second kappa shape index (κ2) is 5.14. The van der Waals surface area contributed by atoms with Crippen LogP contribution in [0.5, 0.6) is 5.75 Å². The number of phenols is 1. The molecule has 1 rings (SSSR count). The maximum atomic E-state index is 12.6. The maximum Gasteiger partial charge on any atom is 0.217 e. The number of aromatic hydroxyl groups is 1. The van der Waals surface area contributed by atoms with Gasteiger partial charge < -0.3 is 10.4 Å². The molecule has 0 aliphatic rings. The van der Waals surface area contributed by atoms with Crippen molar-refractivity contribution < 1.29 is 14.3 Å². The molecule has 3 nitrogen and oxygen atoms in total. The quantitative estimate of drug-likeness (QED) is 0.795. The van der Waals surface area contributed by atoms with E-state index in [4.69, 9.17) is 0 Å². The second-order valence-corrected chi connectivity index (χ2v) is 3.04. The highest BCUT2D eigenvalue weighted by Gasteiger charge is 1.98. The van der Waals surface area contributed by atoms with Crippen molar-refractivity contribution in [3.05, 3.63) is 35.7 Å². The molecule has 0 bridgehead atoms. The van der Waals surface area contributed by atoms with Crippen LogP contribution in [0.3, 0.4) is 0 Å². The van der Waals surface area contributed by atoms with Crippen LogP contribution < -0.4 is 5.32 Å². The molecule has 2 N–H and O–H groups in total. The molecule has 0 radical (unpaired) electrons. The van der Waals surface area contributed by atoms with Gasteiger partial charge in [-0.3, -0.25) is 4.79 Å². The van der Waals surface area contributed by atoms with Gasteiger partial charge in [0.25, 0.3) is 0 Å². The van der Waals surface area contributed by atoms with Gasteiger partial charge in [0.05, 0.1) is 0 Å². The lowest BCUT2D eigenvalue weighted by molar-refractivity contribution is -0.118. The van der Waals surface area contributed by atoms with E-state index in [9.17, 15) is 14.3 Å². The molecule has 0 heterocycles. The Labute approximate surface area is 87.2 Å². The SMILES string of the molecule is CC(=O)NCC=Cc1ccc(F)cc1O. The summed E-state index contributed by atoms with van der Waals surface area (Å²) < 4.78 is 12.6. The normalized spacial score (nSPS) is 10.5. The summed E-state index contributed by atoms with van der Waals surface area (Å²) in [6, 6.07) is 3.77. The predicted octanol–water partition coefficient (Wildman–Crippen LogP) is 1.68. The minimum absolute atomic E-state index is 0.117. The Kier molecular flexibility index (Phi) is 3.85. The van der Waals surface area contributed by atoms with Gasteiger partial charge in [-0.25, -0.2) is 4.39 Å². The molecule has 0 aliphatic heterocycles. The first kappa shape index (κ1) is 11.2. The number of amides is 1. The average molecular weight is 209 g/mol. The fraction of sp³-hybridized carbons (Fsp3) is 0.182. The minimum Gasteiger partial charge on any atom is -0.507 e. The number of hydrogen-bond acceptors (Lipinski definition) is 2. The Morgan fingerprint density at radius 2 is 2.33 bits per heavy atom. The van der Waals surface area contributed by atoms with Crippen LogP contribution in [0.25, 0.3) is 6.08 Å². The fourth-order valence-electron chi connectivity index (χ4n) is 1.05. The number of hydrogen-bond donors (Lipinski definition) is 2. The van der Waals surface area contributed by atoms with E-state index in [2.05, 4.69) is 5.32 Å². The van der Waals surface area contributed by atoms with Crippen LogP contribution in [0.4, 0.5) is 4.39 Å². The van der Waals surface area contributed by atoms with E-state index in [1.165, 1.54) is 19.1 Å². The van der Waals surface area contributed by atoms with Gasteiger partial charge in [-0.05, 0) is 12.1 Å². The van der Waals surface area contributed by atoms with Crippen molar-refractivity contribution in [3.8, 4) is 5.75 Å². The Hall–Kier alpha value is -1.84. The Morgan fingerprint density at radius 3 is 2.93 bits per heavy atom. The number of benzene rings is 1. The number of halogens is 1. The smallest absolute Gasteiger partial charge is 0.217 e. The molecule has 1 amide bonds. The summed E-state index contributed by atoms with van der Waals surface area (Å²) in [5, 5.41) is 11.9. The number of phenolic OH excluding ortho intramolecular Hbond substituents is 1. The molecule has 0 aromatic heterocycles. The van der Waals surface area contributed by atoms with Gasteiger partial charge in [-0.15, -0.1) is 0 Å². The third-order valence-corrected chi connectivity index (χ3v) is 1.76. The summed E-state index contributed by atoms with van der Waals surface area (Å²) in [6.07, 6.45) is 3.29. The number of nitrogens with one attached hydrogen (secondary N) is 1. The van der Waals surface area contributed by atoms with E-state index >= 15 is 0 Å². The zero-order valence-corrected chi connectivity index (χ0v) is 8.33. The monoisotopic (exact) mass is 209 g/mol. The molecule has 1 aromatic rings. The molecule has 0 saturated carbocycles. The van der Waals surface area contributed by atoms with Gasteiger partial charge in [-0.1, -0.05) is 12.2 Å². The largest absolute Gasteiger partial charge is 0.507 e. The third-order valence-electron chi connectivity index (χ3n) is 1.76. The molecular weight excluding hydrogens is 197 g/mol. The van der Waals surface area contributed by atoms with E-state index in [-0.39, 0.29) is 11.7 Å². The Morgan fingerprint density at radius 1 is 1.60 bits per heavy atom. The van der Waals surface area contributed by atoms with Gasteiger partial charge in [0.15, 0.2) is 0 Å². The van der Waals surface area contributed by atoms with E-state index in [1.807, 2.05) is 0 Å². The predicted molar refractivity (Wildman–Crippen MR) is 55.8 cm³/mol. The van der Waals surface area contributed by atoms with Crippen molar-refractivity contribution in [3.63, 3.8) is 0 Å². The Bertz CT molecular complexity index is 388. The molecule has 0 saturated heterocycles. The van der Waals surface area contributed by atoms with E-state index in [1.54, 1.807) is 12.2 Å². The average Bonchev–Trinajstić information content (AvgIpc) is 2.14. The molecular formula is C11H12FNO2. The molecule has 0 spiro atoms. The number of carbonyl (C=O) groups excluding carboxylic acids is 1. The summed E-state index contributed by atoms with van der Waals surface area (Å²) in [7, 11) is 0. The molecule has 15 heavy (non-hydrogen) atoms. The highest BCUT2D eigenvalue weighted by Crippen LogP contribution is 2.18. The molecule has 0 aliphatic carbocycles. The lowest BCUT2D eigenvalue weighted by Crippen LogP contribution is -2.19. The third kappa shape index (κ3) is 3.81. The van der Waals surface area contributed by atoms with Gasteiger partial charge in [-0.2, -0.15) is 0 Å². The highest BCUT2D eigenvalue weighted by atomic mass is 19.1. The minimum atomic E-state index is -0.480. The molecule has 1 aromatic carbocycles. The topological polar surface area (TPSA) is 49.3 Å². The van der Waals surface area contributed by atoms with Crippen LogP contribution in [-0.4, -0.2) is 17.6 Å². The summed E-state index contributed by atoms with van der Waals surface area (Å²) in [5.41, 5.74) is 0.516. The van der Waals surface area contributed by atoms with Crippen LogP contribution in [0.15, 0.2) is 24.3 Å². The first-order chi connectivity index (χ1) is 7.09. The first-order valence-corrected chi connectivity index (χ1v) is 4.49. The van der Waals surface area contributed by atoms with Crippen molar-refractivity contribution in [1.29, 1.82) is 0 Å². The van der Waals surface area contributed by atoms with Gasteiger partial charge in [0.2, 0.25) is 5.91 Å². The van der Waals surface area contributed by atoms with E-state index < -0.39 is 5.82 Å². The Balaban J connectivity index is 2.60. The standard InChI is InChI=1S/C11H12FNO2/c1-8(14)13-6-2-3-9-4-5-10(12)7-11(9)15/h2-5,7,15H,6H2,1H3,(H,13,14). The van der Waals surface area contributed by atoms with Crippen molar-refractivity contribution in [2.75, 3.05) is 6.54 Å². The van der Waals surface area contributed by atoms with Crippen LogP contribution >= 0.6 is 0 Å². The maximum absolute atomic E-state index is 12.6. The fourth-order valence-corrected chi connectivity index (χ4v) is 1.05. The highest BCUT2D eigenvalue weighted by molar-refractivity contribution is 5.73. The zero-order chi connectivity index (χ0) is 11.3. The van der Waals surface area contributed by atoms with Crippen molar-refractivity contribution >= 4 is 12.0 Å². The van der Waals surface area contributed by atoms with Gasteiger partial charge >= 0.3 is 0 Å². The summed E-state index contributed by atoms with van der Waals surface area (Å²) >= 11 is 0. The molecule has 4 heteroatoms. The second-order valence-electron chi connectivity index (χ2n) is 3.04. The van der Waals surface area contributed by atoms with E-state index in [0.29, 0.717) is 12.1 Å². The summed E-state index contributed by atoms with van der Waals surface area (Å²) in [6.45, 7) is 1.80. The van der Waals surface area contributed by atoms with Gasteiger partial charge in [0.1, 0.15) is 11.6 Å².